The first-order valence-corrected chi connectivity index (χ1v) is 13.4. The third-order valence-electron chi connectivity index (χ3n) is 8.81. The summed E-state index contributed by atoms with van der Waals surface area (Å²) in [5.74, 6) is 1.63. The maximum absolute atomic E-state index is 13.6. The molecule has 4 bridgehead atoms. The quantitative estimate of drug-likeness (QED) is 0.674. The Bertz CT molecular complexity index is 1060. The fourth-order valence-corrected chi connectivity index (χ4v) is 9.15. The van der Waals surface area contributed by atoms with E-state index in [-0.39, 0.29) is 23.8 Å². The highest BCUT2D eigenvalue weighted by Gasteiger charge is 2.66. The topological polar surface area (TPSA) is 100 Å². The molecule has 1 aromatic heterocycles. The molecule has 2 heterocycles. The summed E-state index contributed by atoms with van der Waals surface area (Å²) in [7, 11) is -3.31. The van der Waals surface area contributed by atoms with Crippen LogP contribution in [0, 0.1) is 40.4 Å². The molecule has 4 aliphatic carbocycles. The van der Waals surface area contributed by atoms with Gasteiger partial charge in [-0.15, -0.1) is 0 Å². The minimum atomic E-state index is -3.31. The van der Waals surface area contributed by atoms with Gasteiger partial charge < -0.3 is 9.64 Å². The molecule has 4 saturated carbocycles. The van der Waals surface area contributed by atoms with Gasteiger partial charge in [0.25, 0.3) is 0 Å². The van der Waals surface area contributed by atoms with Crippen molar-refractivity contribution in [2.45, 2.75) is 56.7 Å². The number of carbonyl (C=O) groups is 1. The number of rotatable bonds is 5. The maximum atomic E-state index is 13.6. The predicted octanol–water partition coefficient (Wildman–Crippen LogP) is 2.81. The molecule has 7 nitrogen and oxygen atoms in total. The third-order valence-corrected chi connectivity index (χ3v) is 10.9. The summed E-state index contributed by atoms with van der Waals surface area (Å²) >= 11 is 0. The van der Waals surface area contributed by atoms with Crippen molar-refractivity contribution in [3.05, 3.63) is 23.9 Å². The molecule has 0 N–H and O–H groups in total. The molecule has 0 aromatic carbocycles. The lowest BCUT2D eigenvalue weighted by Crippen LogP contribution is -2.69. The van der Waals surface area contributed by atoms with Crippen LogP contribution < -0.4 is 4.74 Å². The van der Waals surface area contributed by atoms with Crippen molar-refractivity contribution >= 4 is 15.7 Å². The Balaban J connectivity index is 1.40. The lowest BCUT2D eigenvalue weighted by Gasteiger charge is -2.62. The van der Waals surface area contributed by atoms with Crippen molar-refractivity contribution in [2.75, 3.05) is 19.4 Å². The van der Waals surface area contributed by atoms with Gasteiger partial charge in [0.15, 0.2) is 9.84 Å². The van der Waals surface area contributed by atoms with Gasteiger partial charge in [-0.2, -0.15) is 5.26 Å². The van der Waals surface area contributed by atoms with Crippen molar-refractivity contribution in [2.24, 2.45) is 29.1 Å². The summed E-state index contributed by atoms with van der Waals surface area (Å²) in [6, 6.07) is 5.13. The van der Waals surface area contributed by atoms with Crippen LogP contribution in [0.5, 0.6) is 5.88 Å². The molecule has 1 aromatic rings. The van der Waals surface area contributed by atoms with Crippen molar-refractivity contribution < 1.29 is 17.9 Å². The van der Waals surface area contributed by atoms with Crippen LogP contribution in [0.2, 0.25) is 0 Å². The molecule has 8 heteroatoms. The Kier molecular flexibility index (Phi) is 4.87. The van der Waals surface area contributed by atoms with E-state index >= 15 is 0 Å². The second-order valence-corrected chi connectivity index (χ2v) is 13.4. The number of aromatic nitrogens is 1. The molecule has 5 aliphatic rings. The minimum Gasteiger partial charge on any atom is -0.477 e. The van der Waals surface area contributed by atoms with E-state index in [2.05, 4.69) is 4.98 Å². The van der Waals surface area contributed by atoms with Crippen molar-refractivity contribution in [1.29, 1.82) is 5.26 Å². The van der Waals surface area contributed by atoms with Gasteiger partial charge in [-0.3, -0.25) is 4.79 Å². The van der Waals surface area contributed by atoms with Gasteiger partial charge in [-0.05, 0) is 55.9 Å². The SMILES string of the molecule is CC1(C)C(=O)N([C@H]2C3CC4C[C@@H](C3)CC2(S(C)(=O)=O)C4)CC1COc1ccc(C#N)cn1. The predicted molar refractivity (Wildman–Crippen MR) is 118 cm³/mol. The van der Waals surface area contributed by atoms with Gasteiger partial charge in [-0.1, -0.05) is 13.8 Å². The molecular formula is C24H31N3O4S. The summed E-state index contributed by atoms with van der Waals surface area (Å²) < 4.78 is 31.4. The van der Waals surface area contributed by atoms with E-state index in [0.717, 1.165) is 19.3 Å². The fourth-order valence-electron chi connectivity index (χ4n) is 7.31. The van der Waals surface area contributed by atoms with Crippen LogP contribution in [0.1, 0.15) is 51.5 Å². The van der Waals surface area contributed by atoms with Crippen molar-refractivity contribution in [3.8, 4) is 11.9 Å². The number of pyridine rings is 1. The summed E-state index contributed by atoms with van der Waals surface area (Å²) in [4.78, 5) is 19.7. The number of sulfone groups is 1. The first-order chi connectivity index (χ1) is 15.0. The standard InChI is InChI=1S/C24H31N3O4S/c1-23(2)19(14-31-20-5-4-15(11-25)12-26-20)13-27(22(23)28)21-18-7-16-6-17(8-18)10-24(21,9-16)32(3,29)30/h4-5,12,16-19,21H,6-10,13-14H2,1-3H3/t16-,17?,18?,19?,21-,24?/m0/s1. The van der Waals surface area contributed by atoms with Gasteiger partial charge in [0.2, 0.25) is 11.8 Å². The number of nitriles is 1. The van der Waals surface area contributed by atoms with E-state index in [9.17, 15) is 13.2 Å². The zero-order chi connectivity index (χ0) is 22.9. The number of hydrogen-bond donors (Lipinski definition) is 0. The molecule has 5 fully saturated rings. The second kappa shape index (κ2) is 7.18. The van der Waals surface area contributed by atoms with E-state index < -0.39 is 20.0 Å². The third kappa shape index (κ3) is 3.15. The molecule has 0 radical (unpaired) electrons. The van der Waals surface area contributed by atoms with E-state index in [1.54, 1.807) is 12.1 Å². The van der Waals surface area contributed by atoms with Crippen LogP contribution in [0.25, 0.3) is 0 Å². The molecule has 0 spiro atoms. The van der Waals surface area contributed by atoms with Crippen LogP contribution in [-0.4, -0.2) is 54.4 Å². The van der Waals surface area contributed by atoms with Crippen molar-refractivity contribution in [3.63, 3.8) is 0 Å². The Hall–Kier alpha value is -2.14. The molecule has 6 atom stereocenters. The highest BCUT2D eigenvalue weighted by molar-refractivity contribution is 7.92. The summed E-state index contributed by atoms with van der Waals surface area (Å²) in [6.07, 6.45) is 7.48. The van der Waals surface area contributed by atoms with Crippen LogP contribution >= 0.6 is 0 Å². The molecular weight excluding hydrogens is 426 g/mol. The summed E-state index contributed by atoms with van der Waals surface area (Å²) in [6.45, 7) is 4.72. The molecule has 1 aliphatic heterocycles. The van der Waals surface area contributed by atoms with E-state index in [4.69, 9.17) is 10.00 Å². The number of amides is 1. The maximum Gasteiger partial charge on any atom is 0.229 e. The van der Waals surface area contributed by atoms with Gasteiger partial charge in [0.05, 0.1) is 28.4 Å². The molecule has 32 heavy (non-hydrogen) atoms. The van der Waals surface area contributed by atoms with E-state index in [1.807, 2.05) is 24.8 Å². The summed E-state index contributed by atoms with van der Waals surface area (Å²) in [5.41, 5.74) is -0.173. The van der Waals surface area contributed by atoms with Gasteiger partial charge in [0.1, 0.15) is 6.07 Å². The smallest absolute Gasteiger partial charge is 0.229 e. The Morgan fingerprint density at radius 3 is 2.47 bits per heavy atom. The molecule has 1 saturated heterocycles. The zero-order valence-corrected chi connectivity index (χ0v) is 19.8. The highest BCUT2D eigenvalue weighted by Crippen LogP contribution is 2.61. The average Bonchev–Trinajstić information content (AvgIpc) is 2.94. The average molecular weight is 458 g/mol. The van der Waals surface area contributed by atoms with Crippen LogP contribution in [-0.2, 0) is 14.6 Å². The fraction of sp³-hybridized carbons (Fsp3) is 0.708. The first kappa shape index (κ1) is 21.7. The largest absolute Gasteiger partial charge is 0.477 e. The monoisotopic (exact) mass is 457 g/mol. The second-order valence-electron chi connectivity index (χ2n) is 11.1. The molecule has 4 unspecified atom stereocenters. The zero-order valence-electron chi connectivity index (χ0n) is 19.0. The Labute approximate surface area is 190 Å². The molecule has 172 valence electrons. The lowest BCUT2D eigenvalue weighted by molar-refractivity contribution is -0.143. The van der Waals surface area contributed by atoms with Crippen LogP contribution in [0.3, 0.4) is 0 Å². The Morgan fingerprint density at radius 1 is 1.22 bits per heavy atom. The number of carbonyl (C=O) groups excluding carboxylic acids is 1. The number of hydrogen-bond acceptors (Lipinski definition) is 6. The van der Waals surface area contributed by atoms with Gasteiger partial charge in [0, 0.05) is 31.0 Å². The van der Waals surface area contributed by atoms with E-state index in [1.165, 1.54) is 12.5 Å². The van der Waals surface area contributed by atoms with E-state index in [0.29, 0.717) is 49.3 Å². The van der Waals surface area contributed by atoms with Gasteiger partial charge in [-0.25, -0.2) is 13.4 Å². The number of likely N-dealkylation sites (tertiary alicyclic amines) is 1. The number of ether oxygens (including phenoxy) is 1. The highest BCUT2D eigenvalue weighted by atomic mass is 32.2. The van der Waals surface area contributed by atoms with Crippen LogP contribution in [0.15, 0.2) is 18.3 Å². The minimum absolute atomic E-state index is 0.0411. The van der Waals surface area contributed by atoms with Gasteiger partial charge >= 0.3 is 0 Å². The molecule has 1 amide bonds. The van der Waals surface area contributed by atoms with Crippen LogP contribution in [0.4, 0.5) is 0 Å². The normalized spacial score (nSPS) is 37.5. The molecule has 6 rings (SSSR count). The van der Waals surface area contributed by atoms with Crippen molar-refractivity contribution in [1.82, 2.24) is 9.88 Å². The first-order valence-electron chi connectivity index (χ1n) is 11.5. The Morgan fingerprint density at radius 2 is 1.91 bits per heavy atom. The summed E-state index contributed by atoms with van der Waals surface area (Å²) in [5, 5.41) is 8.93. The lowest BCUT2D eigenvalue weighted by atomic mass is 9.53. The number of nitrogens with zero attached hydrogens (tertiary/aromatic N) is 3.